The van der Waals surface area contributed by atoms with Gasteiger partial charge in [-0.05, 0) is 49.4 Å². The van der Waals surface area contributed by atoms with Crippen LogP contribution in [-0.2, 0) is 16.1 Å². The van der Waals surface area contributed by atoms with Crippen molar-refractivity contribution in [2.45, 2.75) is 32.7 Å². The van der Waals surface area contributed by atoms with E-state index in [0.29, 0.717) is 12.8 Å². The Labute approximate surface area is 204 Å². The number of nitro benzene ring substituents is 2. The highest BCUT2D eigenvalue weighted by atomic mass is 35.5. The zero-order chi connectivity index (χ0) is 25.4. The van der Waals surface area contributed by atoms with Crippen molar-refractivity contribution in [2.75, 3.05) is 0 Å². The average Bonchev–Trinajstić information content (AvgIpc) is 3.07. The van der Waals surface area contributed by atoms with Crippen molar-refractivity contribution in [3.05, 3.63) is 78.8 Å². The molecule has 0 N–H and O–H groups in total. The van der Waals surface area contributed by atoms with Crippen LogP contribution in [0.2, 0.25) is 5.02 Å². The van der Waals surface area contributed by atoms with Crippen LogP contribution in [0.25, 0.3) is 0 Å². The van der Waals surface area contributed by atoms with Gasteiger partial charge < -0.3 is 0 Å². The summed E-state index contributed by atoms with van der Waals surface area (Å²) in [7, 11) is 0. The molecule has 4 rings (SSSR count). The van der Waals surface area contributed by atoms with Crippen LogP contribution in [0.15, 0.2) is 42.5 Å². The SMILES string of the molecule is C[C@@H]1CC[C@@H]2C(=O)N(N(Cc3ccc(Cl)cc3[N+](=O)[O-])C(=O)c3ccc([N+](=O)[O-])cc3)C(=O)[C@@H]2C1. The molecule has 1 aliphatic heterocycles. The van der Waals surface area contributed by atoms with E-state index >= 15 is 0 Å². The number of hydrogen-bond donors (Lipinski definition) is 0. The van der Waals surface area contributed by atoms with Gasteiger partial charge in [0.05, 0.1) is 33.8 Å². The monoisotopic (exact) mass is 500 g/mol. The summed E-state index contributed by atoms with van der Waals surface area (Å²) >= 11 is 5.91. The molecule has 1 heterocycles. The van der Waals surface area contributed by atoms with Crippen LogP contribution >= 0.6 is 11.6 Å². The largest absolute Gasteiger partial charge is 0.275 e. The van der Waals surface area contributed by atoms with Crippen LogP contribution < -0.4 is 0 Å². The molecule has 2 aromatic rings. The summed E-state index contributed by atoms with van der Waals surface area (Å²) in [6.45, 7) is 1.54. The Morgan fingerprint density at radius 3 is 2.31 bits per heavy atom. The van der Waals surface area contributed by atoms with Crippen LogP contribution in [0.3, 0.4) is 0 Å². The highest BCUT2D eigenvalue weighted by molar-refractivity contribution is 6.30. The molecule has 11 nitrogen and oxygen atoms in total. The molecule has 2 aliphatic rings. The second-order valence-electron chi connectivity index (χ2n) is 8.82. The molecule has 0 spiro atoms. The van der Waals surface area contributed by atoms with Gasteiger partial charge in [-0.2, -0.15) is 5.01 Å². The number of halogens is 1. The topological polar surface area (TPSA) is 144 Å². The lowest BCUT2D eigenvalue weighted by atomic mass is 9.76. The first-order valence-electron chi connectivity index (χ1n) is 10.9. The molecule has 0 bridgehead atoms. The Morgan fingerprint density at radius 2 is 1.69 bits per heavy atom. The molecule has 0 unspecified atom stereocenters. The van der Waals surface area contributed by atoms with E-state index in [1.807, 2.05) is 6.92 Å². The van der Waals surface area contributed by atoms with Crippen LogP contribution in [0.5, 0.6) is 0 Å². The highest BCUT2D eigenvalue weighted by Crippen LogP contribution is 2.41. The molecule has 0 radical (unpaired) electrons. The summed E-state index contributed by atoms with van der Waals surface area (Å²) in [5.74, 6) is -2.75. The van der Waals surface area contributed by atoms with Gasteiger partial charge in [-0.1, -0.05) is 18.5 Å². The lowest BCUT2D eigenvalue weighted by molar-refractivity contribution is -0.385. The van der Waals surface area contributed by atoms with Crippen LogP contribution in [0.4, 0.5) is 11.4 Å². The number of rotatable bonds is 6. The second-order valence-corrected chi connectivity index (χ2v) is 9.25. The minimum absolute atomic E-state index is 0.0175. The van der Waals surface area contributed by atoms with Crippen molar-refractivity contribution in [1.29, 1.82) is 0 Å². The second kappa shape index (κ2) is 9.41. The van der Waals surface area contributed by atoms with Crippen LogP contribution in [-0.4, -0.2) is 37.6 Å². The zero-order valence-corrected chi connectivity index (χ0v) is 19.4. The highest BCUT2D eigenvalue weighted by Gasteiger charge is 2.52. The van der Waals surface area contributed by atoms with Crippen molar-refractivity contribution >= 4 is 40.7 Å². The van der Waals surface area contributed by atoms with Gasteiger partial charge in [0.25, 0.3) is 29.1 Å². The molecule has 12 heteroatoms. The van der Waals surface area contributed by atoms with Crippen LogP contribution in [0, 0.1) is 38.0 Å². The van der Waals surface area contributed by atoms with Crippen molar-refractivity contribution in [2.24, 2.45) is 17.8 Å². The summed E-state index contributed by atoms with van der Waals surface area (Å²) in [6, 6.07) is 8.58. The number of fused-ring (bicyclic) bond motifs is 1. The third-order valence-electron chi connectivity index (χ3n) is 6.53. The molecule has 3 atom stereocenters. The molecule has 3 amide bonds. The molecule has 1 saturated carbocycles. The van der Waals surface area contributed by atoms with Gasteiger partial charge in [-0.3, -0.25) is 34.6 Å². The Balaban J connectivity index is 1.76. The normalized spacial score (nSPS) is 21.5. The third-order valence-corrected chi connectivity index (χ3v) is 6.76. The first-order chi connectivity index (χ1) is 16.6. The van der Waals surface area contributed by atoms with Gasteiger partial charge in [0.2, 0.25) is 0 Å². The number of amides is 3. The average molecular weight is 501 g/mol. The van der Waals surface area contributed by atoms with E-state index in [-0.39, 0.29) is 33.4 Å². The fraction of sp³-hybridized carbons (Fsp3) is 0.348. The lowest BCUT2D eigenvalue weighted by Gasteiger charge is -2.30. The number of carbonyl (C=O) groups excluding carboxylic acids is 3. The lowest BCUT2D eigenvalue weighted by Crippen LogP contribution is -2.49. The van der Waals surface area contributed by atoms with E-state index < -0.39 is 45.9 Å². The maximum Gasteiger partial charge on any atom is 0.275 e. The Kier molecular flexibility index (Phi) is 6.53. The summed E-state index contributed by atoms with van der Waals surface area (Å²) in [5.41, 5.74) is -0.562. The Hall–Kier alpha value is -3.86. The van der Waals surface area contributed by atoms with E-state index in [2.05, 4.69) is 0 Å². The molecular weight excluding hydrogens is 480 g/mol. The summed E-state index contributed by atoms with van der Waals surface area (Å²) in [6.07, 6.45) is 1.78. The van der Waals surface area contributed by atoms with E-state index in [4.69, 9.17) is 11.6 Å². The third kappa shape index (κ3) is 4.59. The van der Waals surface area contributed by atoms with Crippen molar-refractivity contribution in [3.8, 4) is 0 Å². The smallest absolute Gasteiger partial charge is 0.272 e. The van der Waals surface area contributed by atoms with Crippen molar-refractivity contribution in [1.82, 2.24) is 10.0 Å². The number of benzene rings is 2. The molecule has 1 saturated heterocycles. The Bertz CT molecular complexity index is 1230. The van der Waals surface area contributed by atoms with E-state index in [9.17, 15) is 34.6 Å². The van der Waals surface area contributed by atoms with Gasteiger partial charge in [-0.25, -0.2) is 5.01 Å². The van der Waals surface area contributed by atoms with E-state index in [1.165, 1.54) is 24.3 Å². The predicted molar refractivity (Wildman–Crippen MR) is 123 cm³/mol. The minimum Gasteiger partial charge on any atom is -0.272 e. The van der Waals surface area contributed by atoms with E-state index in [0.717, 1.165) is 34.6 Å². The number of nitrogens with zero attached hydrogens (tertiary/aromatic N) is 4. The predicted octanol–water partition coefficient (Wildman–Crippen LogP) is 4.14. The summed E-state index contributed by atoms with van der Waals surface area (Å²) in [5, 5.41) is 24.4. The molecule has 1 aliphatic carbocycles. The summed E-state index contributed by atoms with van der Waals surface area (Å²) in [4.78, 5) is 61.5. The fourth-order valence-electron chi connectivity index (χ4n) is 4.72. The first-order valence-corrected chi connectivity index (χ1v) is 11.3. The quantitative estimate of drug-likeness (QED) is 0.329. The van der Waals surface area contributed by atoms with Gasteiger partial charge in [0.1, 0.15) is 0 Å². The van der Waals surface area contributed by atoms with Gasteiger partial charge in [0.15, 0.2) is 0 Å². The number of non-ortho nitro benzene ring substituents is 1. The number of carbonyl (C=O) groups is 3. The number of hydrogen-bond acceptors (Lipinski definition) is 7. The maximum atomic E-state index is 13.5. The molecule has 2 fully saturated rings. The van der Waals surface area contributed by atoms with Crippen molar-refractivity contribution in [3.63, 3.8) is 0 Å². The van der Waals surface area contributed by atoms with Gasteiger partial charge >= 0.3 is 0 Å². The van der Waals surface area contributed by atoms with Gasteiger partial charge in [0, 0.05) is 28.8 Å². The zero-order valence-electron chi connectivity index (χ0n) is 18.6. The molecule has 2 aromatic carbocycles. The number of imide groups is 1. The molecule has 0 aromatic heterocycles. The molecular formula is C23H21ClN4O7. The fourth-order valence-corrected chi connectivity index (χ4v) is 4.89. The minimum atomic E-state index is -0.794. The van der Waals surface area contributed by atoms with Crippen LogP contribution in [0.1, 0.15) is 42.1 Å². The number of hydrazine groups is 1. The Morgan fingerprint density at radius 1 is 1.03 bits per heavy atom. The summed E-state index contributed by atoms with van der Waals surface area (Å²) < 4.78 is 0. The van der Waals surface area contributed by atoms with Crippen molar-refractivity contribution < 1.29 is 24.2 Å². The standard InChI is InChI=1S/C23H21ClN4O7/c1-13-2-9-18-19(10-13)23(31)26(22(18)30)25(12-15-3-6-16(24)11-20(15)28(34)35)21(29)14-4-7-17(8-5-14)27(32)33/h3-8,11,13,18-19H,2,9-10,12H2,1H3/t13-,18+,19-/m1/s1. The molecule has 35 heavy (non-hydrogen) atoms. The van der Waals surface area contributed by atoms with Gasteiger partial charge in [-0.15, -0.1) is 0 Å². The van der Waals surface area contributed by atoms with E-state index in [1.54, 1.807) is 0 Å². The molecule has 182 valence electrons. The maximum absolute atomic E-state index is 13.5. The number of nitro groups is 2. The first kappa shape index (κ1) is 24.3.